The molecule has 3 rings (SSSR count). The van der Waals surface area contributed by atoms with Gasteiger partial charge in [-0.3, -0.25) is 4.18 Å². The monoisotopic (exact) mass is 424 g/mol. The first-order valence-electron chi connectivity index (χ1n) is 10.1. The molecule has 0 spiro atoms. The van der Waals surface area contributed by atoms with Gasteiger partial charge < -0.3 is 4.74 Å². The Balaban J connectivity index is 1.85. The van der Waals surface area contributed by atoms with Crippen LogP contribution in [0.3, 0.4) is 0 Å². The van der Waals surface area contributed by atoms with Crippen LogP contribution in [0.15, 0.2) is 77.7 Å². The van der Waals surface area contributed by atoms with Crippen molar-refractivity contribution in [3.63, 3.8) is 0 Å². The van der Waals surface area contributed by atoms with Crippen LogP contribution in [-0.4, -0.2) is 22.1 Å². The van der Waals surface area contributed by atoms with Crippen molar-refractivity contribution < 1.29 is 17.3 Å². The summed E-state index contributed by atoms with van der Waals surface area (Å²) in [6.07, 6.45) is 1.43. The SMILES string of the molecule is CCc1ccc(OC)c(C(CCOS(=O)(=O)c2ccc(C)cc2)c2ccccc2)c1. The van der Waals surface area contributed by atoms with Crippen molar-refractivity contribution >= 4 is 10.1 Å². The minimum Gasteiger partial charge on any atom is -0.496 e. The van der Waals surface area contributed by atoms with E-state index in [4.69, 9.17) is 8.92 Å². The third-order valence-corrected chi connectivity index (χ3v) is 6.56. The van der Waals surface area contributed by atoms with Crippen LogP contribution < -0.4 is 4.74 Å². The Morgan fingerprint density at radius 3 is 2.27 bits per heavy atom. The predicted octanol–water partition coefficient (Wildman–Crippen LogP) is 5.49. The topological polar surface area (TPSA) is 52.6 Å². The second-order valence-electron chi connectivity index (χ2n) is 7.27. The average molecular weight is 425 g/mol. The third kappa shape index (κ3) is 5.29. The number of aryl methyl sites for hydroxylation is 2. The normalized spacial score (nSPS) is 12.5. The predicted molar refractivity (Wildman–Crippen MR) is 120 cm³/mol. The lowest BCUT2D eigenvalue weighted by atomic mass is 9.87. The standard InChI is InChI=1S/C25H28O4S/c1-4-20-12-15-25(28-3)24(18-20)23(21-8-6-5-7-9-21)16-17-29-30(26,27)22-13-10-19(2)11-14-22/h5-15,18,23H,4,16-17H2,1-3H3. The molecule has 0 saturated carbocycles. The molecular weight excluding hydrogens is 396 g/mol. The zero-order valence-electron chi connectivity index (χ0n) is 17.7. The Morgan fingerprint density at radius 1 is 0.933 bits per heavy atom. The Bertz CT molecular complexity index is 1060. The fraction of sp³-hybridized carbons (Fsp3) is 0.280. The van der Waals surface area contributed by atoms with Crippen molar-refractivity contribution in [2.24, 2.45) is 0 Å². The summed E-state index contributed by atoms with van der Waals surface area (Å²) in [4.78, 5) is 0.176. The van der Waals surface area contributed by atoms with Gasteiger partial charge in [0, 0.05) is 11.5 Å². The second-order valence-corrected chi connectivity index (χ2v) is 8.89. The molecule has 0 aliphatic carbocycles. The van der Waals surface area contributed by atoms with Gasteiger partial charge >= 0.3 is 0 Å². The molecular formula is C25H28O4S. The molecule has 0 saturated heterocycles. The molecule has 0 amide bonds. The first-order valence-corrected chi connectivity index (χ1v) is 11.5. The molecule has 0 aliphatic heterocycles. The van der Waals surface area contributed by atoms with Gasteiger partial charge in [0.2, 0.25) is 0 Å². The number of ether oxygens (including phenoxy) is 1. The van der Waals surface area contributed by atoms with E-state index < -0.39 is 10.1 Å². The van der Waals surface area contributed by atoms with Crippen molar-refractivity contribution in [2.75, 3.05) is 13.7 Å². The maximum Gasteiger partial charge on any atom is 0.296 e. The van der Waals surface area contributed by atoms with Crippen molar-refractivity contribution in [1.29, 1.82) is 0 Å². The van der Waals surface area contributed by atoms with Gasteiger partial charge in [0.25, 0.3) is 10.1 Å². The van der Waals surface area contributed by atoms with Crippen LogP contribution >= 0.6 is 0 Å². The lowest BCUT2D eigenvalue weighted by molar-refractivity contribution is 0.304. The average Bonchev–Trinajstić information content (AvgIpc) is 2.77. The van der Waals surface area contributed by atoms with Gasteiger partial charge in [0.1, 0.15) is 5.75 Å². The van der Waals surface area contributed by atoms with Crippen LogP contribution in [0.5, 0.6) is 5.75 Å². The number of benzene rings is 3. The summed E-state index contributed by atoms with van der Waals surface area (Å²) in [5, 5.41) is 0. The molecule has 5 heteroatoms. The van der Waals surface area contributed by atoms with Gasteiger partial charge in [-0.2, -0.15) is 8.42 Å². The molecule has 3 aromatic rings. The Labute approximate surface area is 179 Å². The van der Waals surface area contributed by atoms with E-state index >= 15 is 0 Å². The van der Waals surface area contributed by atoms with Gasteiger partial charge in [-0.05, 0) is 49.1 Å². The maximum atomic E-state index is 12.6. The zero-order valence-corrected chi connectivity index (χ0v) is 18.5. The molecule has 1 atom stereocenters. The summed E-state index contributed by atoms with van der Waals surface area (Å²) in [7, 11) is -2.14. The molecule has 1 unspecified atom stereocenters. The molecule has 0 N–H and O–H groups in total. The Kier molecular flexibility index (Phi) is 7.29. The second kappa shape index (κ2) is 9.92. The minimum absolute atomic E-state index is 0.0409. The highest BCUT2D eigenvalue weighted by Crippen LogP contribution is 2.35. The summed E-state index contributed by atoms with van der Waals surface area (Å²) in [5.41, 5.74) is 4.35. The van der Waals surface area contributed by atoms with E-state index in [1.54, 1.807) is 31.4 Å². The first kappa shape index (κ1) is 22.1. The maximum absolute atomic E-state index is 12.6. The van der Waals surface area contributed by atoms with Crippen LogP contribution in [0.4, 0.5) is 0 Å². The van der Waals surface area contributed by atoms with E-state index in [2.05, 4.69) is 31.2 Å². The molecule has 158 valence electrons. The lowest BCUT2D eigenvalue weighted by Gasteiger charge is -2.21. The van der Waals surface area contributed by atoms with E-state index in [0.717, 1.165) is 28.9 Å². The van der Waals surface area contributed by atoms with Crippen molar-refractivity contribution in [3.8, 4) is 5.75 Å². The van der Waals surface area contributed by atoms with Crippen molar-refractivity contribution in [2.45, 2.75) is 37.5 Å². The highest BCUT2D eigenvalue weighted by atomic mass is 32.2. The Morgan fingerprint density at radius 2 is 1.63 bits per heavy atom. The summed E-state index contributed by atoms with van der Waals surface area (Å²) in [6, 6.07) is 22.9. The van der Waals surface area contributed by atoms with Crippen LogP contribution in [-0.2, 0) is 20.7 Å². The van der Waals surface area contributed by atoms with E-state index in [1.807, 2.05) is 31.2 Å². The van der Waals surface area contributed by atoms with E-state index in [-0.39, 0.29) is 17.4 Å². The van der Waals surface area contributed by atoms with Crippen LogP contribution in [0.1, 0.15) is 41.5 Å². The molecule has 0 heterocycles. The number of hydrogen-bond donors (Lipinski definition) is 0. The summed E-state index contributed by atoms with van der Waals surface area (Å²) >= 11 is 0. The molecule has 30 heavy (non-hydrogen) atoms. The molecule has 0 aliphatic rings. The Hall–Kier alpha value is -2.63. The molecule has 0 bridgehead atoms. The van der Waals surface area contributed by atoms with Crippen LogP contribution in [0.25, 0.3) is 0 Å². The highest BCUT2D eigenvalue weighted by molar-refractivity contribution is 7.86. The molecule has 0 radical (unpaired) electrons. The number of methoxy groups -OCH3 is 1. The van der Waals surface area contributed by atoms with Gasteiger partial charge in [0.15, 0.2) is 0 Å². The number of rotatable bonds is 9. The fourth-order valence-corrected chi connectivity index (χ4v) is 4.43. The van der Waals surface area contributed by atoms with Gasteiger partial charge in [-0.25, -0.2) is 0 Å². The largest absolute Gasteiger partial charge is 0.496 e. The van der Waals surface area contributed by atoms with Crippen molar-refractivity contribution in [3.05, 3.63) is 95.1 Å². The van der Waals surface area contributed by atoms with E-state index in [9.17, 15) is 8.42 Å². The van der Waals surface area contributed by atoms with Crippen molar-refractivity contribution in [1.82, 2.24) is 0 Å². The summed E-state index contributed by atoms with van der Waals surface area (Å²) in [5.74, 6) is 0.753. The highest BCUT2D eigenvalue weighted by Gasteiger charge is 2.21. The molecule has 0 fully saturated rings. The first-order chi connectivity index (χ1) is 14.4. The van der Waals surface area contributed by atoms with Gasteiger partial charge in [-0.1, -0.05) is 67.1 Å². The molecule has 3 aromatic carbocycles. The minimum atomic E-state index is -3.80. The zero-order chi connectivity index (χ0) is 21.6. The number of hydrogen-bond acceptors (Lipinski definition) is 4. The van der Waals surface area contributed by atoms with Gasteiger partial charge in [-0.15, -0.1) is 0 Å². The van der Waals surface area contributed by atoms with Crippen LogP contribution in [0, 0.1) is 6.92 Å². The van der Waals surface area contributed by atoms with Crippen LogP contribution in [0.2, 0.25) is 0 Å². The van der Waals surface area contributed by atoms with E-state index in [1.165, 1.54) is 5.56 Å². The molecule has 4 nitrogen and oxygen atoms in total. The quantitative estimate of drug-likeness (QED) is 0.426. The third-order valence-electron chi connectivity index (χ3n) is 5.23. The van der Waals surface area contributed by atoms with E-state index in [0.29, 0.717) is 6.42 Å². The smallest absolute Gasteiger partial charge is 0.296 e. The fourth-order valence-electron chi connectivity index (χ4n) is 3.51. The molecule has 0 aromatic heterocycles. The van der Waals surface area contributed by atoms with Gasteiger partial charge in [0.05, 0.1) is 18.6 Å². The summed E-state index contributed by atoms with van der Waals surface area (Å²) < 4.78 is 36.2. The lowest BCUT2D eigenvalue weighted by Crippen LogP contribution is -2.12. The summed E-state index contributed by atoms with van der Waals surface area (Å²) in [6.45, 7) is 4.11.